The predicted octanol–water partition coefficient (Wildman–Crippen LogP) is 0.299. The number of phenolic OH excluding ortho intramolecular Hbond substituents is 1. The summed E-state index contributed by atoms with van der Waals surface area (Å²) >= 11 is 0. The van der Waals surface area contributed by atoms with Gasteiger partial charge in [-0.15, -0.1) is 0 Å². The molecule has 6 heteroatoms. The fourth-order valence-corrected chi connectivity index (χ4v) is 1.35. The maximum absolute atomic E-state index is 10.6. The molecule has 4 nitrogen and oxygen atoms in total. The van der Waals surface area contributed by atoms with Crippen molar-refractivity contribution in [2.75, 3.05) is 0 Å². The van der Waals surface area contributed by atoms with Crippen LogP contribution in [0.3, 0.4) is 0 Å². The summed E-state index contributed by atoms with van der Waals surface area (Å²) in [7, 11) is -4.15. The summed E-state index contributed by atoms with van der Waals surface area (Å²) in [5.74, 6) is 0.00222. The quantitative estimate of drug-likeness (QED) is 0.535. The summed E-state index contributed by atoms with van der Waals surface area (Å²) in [4.78, 5) is -0.210. The standard InChI is InChI=1S/C7H8O4S.K.H/c1-5-4-6(12(9,10)11)2-3-7(5)8;;/h2-4,8H,1H3,(H,9,10,11);;. The van der Waals surface area contributed by atoms with Crippen molar-refractivity contribution in [3.8, 4) is 5.75 Å². The van der Waals surface area contributed by atoms with Crippen molar-refractivity contribution in [1.82, 2.24) is 0 Å². The van der Waals surface area contributed by atoms with Gasteiger partial charge in [0.25, 0.3) is 10.1 Å². The normalized spacial score (nSPS) is 10.6. The van der Waals surface area contributed by atoms with Gasteiger partial charge in [0.2, 0.25) is 0 Å². The third-order valence-corrected chi connectivity index (χ3v) is 2.32. The summed E-state index contributed by atoms with van der Waals surface area (Å²) in [6.07, 6.45) is 0. The molecule has 0 aliphatic carbocycles. The summed E-state index contributed by atoms with van der Waals surface area (Å²) < 4.78 is 29.7. The molecule has 0 bridgehead atoms. The SMILES string of the molecule is Cc1cc(S(=O)(=O)O)ccc1O.[KH]. The molecule has 0 atom stereocenters. The van der Waals surface area contributed by atoms with E-state index in [2.05, 4.69) is 0 Å². The molecule has 0 aromatic heterocycles. The van der Waals surface area contributed by atoms with Crippen molar-refractivity contribution in [2.45, 2.75) is 11.8 Å². The fraction of sp³-hybridized carbons (Fsp3) is 0.143. The Labute approximate surface area is 119 Å². The Balaban J connectivity index is 0.00000144. The maximum atomic E-state index is 10.6. The van der Waals surface area contributed by atoms with E-state index in [0.717, 1.165) is 6.07 Å². The third kappa shape index (κ3) is 3.66. The van der Waals surface area contributed by atoms with Gasteiger partial charge >= 0.3 is 51.4 Å². The van der Waals surface area contributed by atoms with Gasteiger partial charge in [-0.2, -0.15) is 8.42 Å². The average molecular weight is 228 g/mol. The molecular weight excluding hydrogens is 219 g/mol. The molecule has 0 spiro atoms. The monoisotopic (exact) mass is 228 g/mol. The Bertz CT molecular complexity index is 399. The summed E-state index contributed by atoms with van der Waals surface area (Å²) in [6.45, 7) is 1.55. The van der Waals surface area contributed by atoms with Crippen molar-refractivity contribution in [3.63, 3.8) is 0 Å². The van der Waals surface area contributed by atoms with E-state index >= 15 is 0 Å². The van der Waals surface area contributed by atoms with E-state index < -0.39 is 10.1 Å². The number of aryl methyl sites for hydroxylation is 1. The fourth-order valence-electron chi connectivity index (χ4n) is 0.788. The van der Waals surface area contributed by atoms with E-state index in [-0.39, 0.29) is 62.0 Å². The number of hydrogen-bond donors (Lipinski definition) is 2. The summed E-state index contributed by atoms with van der Waals surface area (Å²) in [5, 5.41) is 9.03. The van der Waals surface area contributed by atoms with Gasteiger partial charge in [0, 0.05) is 0 Å². The van der Waals surface area contributed by atoms with E-state index in [4.69, 9.17) is 9.66 Å². The molecule has 0 saturated heterocycles. The second-order valence-corrected chi connectivity index (χ2v) is 3.84. The van der Waals surface area contributed by atoms with Gasteiger partial charge in [0.05, 0.1) is 4.90 Å². The van der Waals surface area contributed by atoms with E-state index in [1.54, 1.807) is 6.92 Å². The molecule has 0 amide bonds. The molecule has 1 aromatic rings. The molecule has 1 aromatic carbocycles. The minimum atomic E-state index is -4.15. The molecular formula is C7H9KO4S. The van der Waals surface area contributed by atoms with Crippen LogP contribution < -0.4 is 0 Å². The van der Waals surface area contributed by atoms with Crippen LogP contribution >= 0.6 is 0 Å². The van der Waals surface area contributed by atoms with Gasteiger partial charge < -0.3 is 5.11 Å². The van der Waals surface area contributed by atoms with Crippen LogP contribution in [0.25, 0.3) is 0 Å². The van der Waals surface area contributed by atoms with Crippen molar-refractivity contribution in [3.05, 3.63) is 23.8 Å². The zero-order chi connectivity index (χ0) is 9.35. The molecule has 0 aliphatic heterocycles. The Morgan fingerprint density at radius 1 is 1.31 bits per heavy atom. The van der Waals surface area contributed by atoms with Crippen LogP contribution in [0.15, 0.2) is 23.1 Å². The summed E-state index contributed by atoms with van der Waals surface area (Å²) in [5.41, 5.74) is 0.408. The van der Waals surface area contributed by atoms with Crippen LogP contribution in [0.4, 0.5) is 0 Å². The Morgan fingerprint density at radius 2 is 1.85 bits per heavy atom. The molecule has 0 fully saturated rings. The molecule has 0 heterocycles. The first kappa shape index (κ1) is 13.6. The summed E-state index contributed by atoms with van der Waals surface area (Å²) in [6, 6.07) is 3.56. The van der Waals surface area contributed by atoms with Gasteiger partial charge in [-0.25, -0.2) is 0 Å². The zero-order valence-electron chi connectivity index (χ0n) is 6.35. The van der Waals surface area contributed by atoms with Crippen LogP contribution in [-0.4, -0.2) is 69.5 Å². The molecule has 68 valence electrons. The predicted molar refractivity (Wildman–Crippen MR) is 49.8 cm³/mol. The molecule has 1 rings (SSSR count). The molecule has 2 N–H and O–H groups in total. The third-order valence-electron chi connectivity index (χ3n) is 1.47. The van der Waals surface area contributed by atoms with E-state index in [1.807, 2.05) is 0 Å². The van der Waals surface area contributed by atoms with Crippen LogP contribution in [0.5, 0.6) is 5.75 Å². The molecule has 0 saturated carbocycles. The number of aromatic hydroxyl groups is 1. The number of benzene rings is 1. The topological polar surface area (TPSA) is 74.6 Å². The Morgan fingerprint density at radius 3 is 2.23 bits per heavy atom. The first-order valence-electron chi connectivity index (χ1n) is 3.18. The first-order chi connectivity index (χ1) is 5.41. The average Bonchev–Trinajstić information content (AvgIpc) is 1.92. The van der Waals surface area contributed by atoms with Gasteiger partial charge in [-0.1, -0.05) is 0 Å². The van der Waals surface area contributed by atoms with Gasteiger partial charge in [0.1, 0.15) is 5.75 Å². The molecule has 0 unspecified atom stereocenters. The van der Waals surface area contributed by atoms with Crippen molar-refractivity contribution in [2.24, 2.45) is 0 Å². The van der Waals surface area contributed by atoms with E-state index in [9.17, 15) is 8.42 Å². The molecule has 0 radical (unpaired) electrons. The van der Waals surface area contributed by atoms with Crippen LogP contribution in [-0.2, 0) is 10.1 Å². The van der Waals surface area contributed by atoms with Crippen molar-refractivity contribution in [1.29, 1.82) is 0 Å². The Hall–Kier alpha value is 0.566. The number of phenols is 1. The zero-order valence-corrected chi connectivity index (χ0v) is 7.17. The minimum absolute atomic E-state index is 0. The molecule has 13 heavy (non-hydrogen) atoms. The first-order valence-corrected chi connectivity index (χ1v) is 4.62. The van der Waals surface area contributed by atoms with Crippen LogP contribution in [0.2, 0.25) is 0 Å². The Kier molecular flexibility index (Phi) is 5.09. The molecule has 0 aliphatic rings. The van der Waals surface area contributed by atoms with Crippen LogP contribution in [0, 0.1) is 6.92 Å². The van der Waals surface area contributed by atoms with Crippen LogP contribution in [0.1, 0.15) is 5.56 Å². The second kappa shape index (κ2) is 4.88. The van der Waals surface area contributed by atoms with Gasteiger partial charge in [-0.3, -0.25) is 4.55 Å². The van der Waals surface area contributed by atoms with E-state index in [1.165, 1.54) is 12.1 Å². The van der Waals surface area contributed by atoms with Gasteiger partial charge in [0.15, 0.2) is 0 Å². The number of hydrogen-bond acceptors (Lipinski definition) is 3. The number of rotatable bonds is 1. The van der Waals surface area contributed by atoms with Gasteiger partial charge in [-0.05, 0) is 30.7 Å². The second-order valence-electron chi connectivity index (χ2n) is 2.42. The van der Waals surface area contributed by atoms with Crippen molar-refractivity contribution < 1.29 is 18.1 Å². The van der Waals surface area contributed by atoms with E-state index in [0.29, 0.717) is 5.56 Å². The van der Waals surface area contributed by atoms with Crippen molar-refractivity contribution >= 4 is 61.5 Å².